The fraction of sp³-hybridized carbons (Fsp3) is 0.375. The second-order valence-electron chi connectivity index (χ2n) is 2.47. The van der Waals surface area contributed by atoms with Gasteiger partial charge in [0.05, 0.1) is 0 Å². The summed E-state index contributed by atoms with van der Waals surface area (Å²) in [7, 11) is 0. The van der Waals surface area contributed by atoms with Crippen LogP contribution in [0.1, 0.15) is 12.8 Å². The number of allylic oxidation sites excluding steroid dienone is 2. The van der Waals surface area contributed by atoms with Crippen LogP contribution >= 0.6 is 0 Å². The molecule has 0 saturated carbocycles. The van der Waals surface area contributed by atoms with E-state index in [2.05, 4.69) is 23.9 Å². The molecule has 2 rings (SSSR count). The smallest absolute Gasteiger partial charge is 0.0217 e. The van der Waals surface area contributed by atoms with E-state index in [9.17, 15) is 0 Å². The summed E-state index contributed by atoms with van der Waals surface area (Å²) in [6.07, 6.45) is 9.00. The van der Waals surface area contributed by atoms with Crippen LogP contribution in [0.2, 0.25) is 0 Å². The minimum atomic E-state index is 1.05. The molecule has 0 amide bonds. The van der Waals surface area contributed by atoms with Gasteiger partial charge in [-0.05, 0) is 12.0 Å². The highest BCUT2D eigenvalue weighted by Crippen LogP contribution is 2.23. The van der Waals surface area contributed by atoms with E-state index >= 15 is 0 Å². The molecular formula is C8H10N. The Morgan fingerprint density at radius 1 is 1.22 bits per heavy atom. The molecule has 47 valence electrons. The van der Waals surface area contributed by atoms with E-state index in [1.807, 2.05) is 0 Å². The SMILES string of the molecule is [CH]1CNC2=C1CC=CC2. The maximum atomic E-state index is 3.33. The van der Waals surface area contributed by atoms with Crippen LogP contribution in [0.25, 0.3) is 0 Å². The Kier molecular flexibility index (Phi) is 1.08. The summed E-state index contributed by atoms with van der Waals surface area (Å²) >= 11 is 0. The van der Waals surface area contributed by atoms with Crippen LogP contribution in [0.4, 0.5) is 0 Å². The minimum Gasteiger partial charge on any atom is -0.387 e. The van der Waals surface area contributed by atoms with Crippen LogP contribution in [-0.2, 0) is 0 Å². The molecule has 0 spiro atoms. The normalized spacial score (nSPS) is 24.0. The molecular weight excluding hydrogens is 110 g/mol. The summed E-state index contributed by atoms with van der Waals surface area (Å²) in [6.45, 7) is 1.05. The lowest BCUT2D eigenvalue weighted by molar-refractivity contribution is 0.892. The lowest BCUT2D eigenvalue weighted by atomic mass is 10.0. The molecule has 1 aliphatic heterocycles. The second-order valence-corrected chi connectivity index (χ2v) is 2.47. The molecule has 0 aromatic rings. The van der Waals surface area contributed by atoms with Crippen molar-refractivity contribution in [2.45, 2.75) is 12.8 Å². The van der Waals surface area contributed by atoms with Crippen LogP contribution in [-0.4, -0.2) is 6.54 Å². The maximum absolute atomic E-state index is 3.33. The van der Waals surface area contributed by atoms with Crippen LogP contribution in [0.3, 0.4) is 0 Å². The largest absolute Gasteiger partial charge is 0.387 e. The highest BCUT2D eigenvalue weighted by atomic mass is 14.9. The van der Waals surface area contributed by atoms with Gasteiger partial charge in [0.2, 0.25) is 0 Å². The first kappa shape index (κ1) is 5.10. The summed E-state index contributed by atoms with van der Waals surface area (Å²) in [6, 6.07) is 0. The van der Waals surface area contributed by atoms with Crippen LogP contribution in [0.5, 0.6) is 0 Å². The lowest BCUT2D eigenvalue weighted by Gasteiger charge is -2.06. The van der Waals surface area contributed by atoms with Crippen molar-refractivity contribution in [1.29, 1.82) is 0 Å². The van der Waals surface area contributed by atoms with Crippen molar-refractivity contribution in [3.05, 3.63) is 29.8 Å². The third kappa shape index (κ3) is 0.766. The molecule has 1 aliphatic carbocycles. The van der Waals surface area contributed by atoms with E-state index in [1.165, 1.54) is 11.3 Å². The van der Waals surface area contributed by atoms with Gasteiger partial charge in [0.15, 0.2) is 0 Å². The average molecular weight is 120 g/mol. The van der Waals surface area contributed by atoms with Crippen LogP contribution < -0.4 is 5.32 Å². The third-order valence-electron chi connectivity index (χ3n) is 1.88. The lowest BCUT2D eigenvalue weighted by Crippen LogP contribution is -2.07. The topological polar surface area (TPSA) is 12.0 Å². The Morgan fingerprint density at radius 3 is 3.00 bits per heavy atom. The summed E-state index contributed by atoms with van der Waals surface area (Å²) in [5, 5.41) is 3.33. The monoisotopic (exact) mass is 120 g/mol. The van der Waals surface area contributed by atoms with Crippen molar-refractivity contribution in [3.63, 3.8) is 0 Å². The first-order chi connectivity index (χ1) is 4.47. The van der Waals surface area contributed by atoms with Crippen molar-refractivity contribution in [1.82, 2.24) is 5.32 Å². The van der Waals surface area contributed by atoms with Gasteiger partial charge in [-0.1, -0.05) is 12.2 Å². The molecule has 0 fully saturated rings. The number of hydrogen-bond acceptors (Lipinski definition) is 1. The van der Waals surface area contributed by atoms with Gasteiger partial charge in [0.1, 0.15) is 0 Å². The Hall–Kier alpha value is -0.720. The first-order valence-corrected chi connectivity index (χ1v) is 3.41. The van der Waals surface area contributed by atoms with E-state index in [1.54, 1.807) is 0 Å². The van der Waals surface area contributed by atoms with Crippen molar-refractivity contribution in [2.24, 2.45) is 0 Å². The van der Waals surface area contributed by atoms with E-state index in [0.29, 0.717) is 0 Å². The van der Waals surface area contributed by atoms with E-state index in [-0.39, 0.29) is 0 Å². The molecule has 2 aliphatic rings. The fourth-order valence-corrected chi connectivity index (χ4v) is 1.36. The van der Waals surface area contributed by atoms with Gasteiger partial charge < -0.3 is 5.32 Å². The highest BCUT2D eigenvalue weighted by Gasteiger charge is 2.13. The third-order valence-corrected chi connectivity index (χ3v) is 1.88. The fourth-order valence-electron chi connectivity index (χ4n) is 1.36. The van der Waals surface area contributed by atoms with E-state index < -0.39 is 0 Å². The Bertz CT molecular complexity index is 159. The van der Waals surface area contributed by atoms with Crippen LogP contribution in [0, 0.1) is 6.42 Å². The molecule has 9 heavy (non-hydrogen) atoms. The summed E-state index contributed by atoms with van der Waals surface area (Å²) in [5.74, 6) is 0. The number of nitrogens with one attached hydrogen (secondary N) is 1. The molecule has 0 aromatic carbocycles. The predicted molar refractivity (Wildman–Crippen MR) is 37.7 cm³/mol. The number of rotatable bonds is 0. The standard InChI is InChI=1S/C8H10N/c1-2-4-8-7(3-1)5-6-9-8/h1-2,5,9H,3-4,6H2. The van der Waals surface area contributed by atoms with Gasteiger partial charge in [-0.2, -0.15) is 0 Å². The zero-order valence-corrected chi connectivity index (χ0v) is 5.35. The number of hydrogen-bond donors (Lipinski definition) is 1. The van der Waals surface area contributed by atoms with Gasteiger partial charge in [0.25, 0.3) is 0 Å². The Morgan fingerprint density at radius 2 is 2.11 bits per heavy atom. The van der Waals surface area contributed by atoms with Gasteiger partial charge >= 0.3 is 0 Å². The molecule has 0 aromatic heterocycles. The van der Waals surface area contributed by atoms with Crippen LogP contribution in [0.15, 0.2) is 23.4 Å². The van der Waals surface area contributed by atoms with E-state index in [0.717, 1.165) is 19.4 Å². The molecule has 0 bridgehead atoms. The van der Waals surface area contributed by atoms with Gasteiger partial charge in [-0.15, -0.1) is 0 Å². The van der Waals surface area contributed by atoms with Gasteiger partial charge in [0, 0.05) is 25.1 Å². The maximum Gasteiger partial charge on any atom is 0.0217 e. The molecule has 1 heterocycles. The molecule has 0 unspecified atom stereocenters. The van der Waals surface area contributed by atoms with Gasteiger partial charge in [-0.3, -0.25) is 0 Å². The minimum absolute atomic E-state index is 1.05. The summed E-state index contributed by atoms with van der Waals surface area (Å²) in [5.41, 5.74) is 2.95. The molecule has 0 atom stereocenters. The Labute approximate surface area is 55.5 Å². The second kappa shape index (κ2) is 1.90. The molecule has 1 nitrogen and oxygen atoms in total. The Balaban J connectivity index is 2.21. The molecule has 1 radical (unpaired) electrons. The van der Waals surface area contributed by atoms with Crippen molar-refractivity contribution in [3.8, 4) is 0 Å². The van der Waals surface area contributed by atoms with Crippen molar-refractivity contribution >= 4 is 0 Å². The molecule has 1 N–H and O–H groups in total. The zero-order chi connectivity index (χ0) is 6.10. The average Bonchev–Trinajstić information content (AvgIpc) is 2.33. The summed E-state index contributed by atoms with van der Waals surface area (Å²) < 4.78 is 0. The molecule has 0 saturated heterocycles. The predicted octanol–water partition coefficient (Wildman–Crippen LogP) is 1.40. The van der Waals surface area contributed by atoms with E-state index in [4.69, 9.17) is 0 Å². The molecule has 1 heteroatoms. The highest BCUT2D eigenvalue weighted by molar-refractivity contribution is 5.33. The summed E-state index contributed by atoms with van der Waals surface area (Å²) in [4.78, 5) is 0. The first-order valence-electron chi connectivity index (χ1n) is 3.41. The van der Waals surface area contributed by atoms with Gasteiger partial charge in [-0.25, -0.2) is 0 Å². The quantitative estimate of drug-likeness (QED) is 0.476. The zero-order valence-electron chi connectivity index (χ0n) is 5.35. The van der Waals surface area contributed by atoms with Crippen molar-refractivity contribution < 1.29 is 0 Å². The van der Waals surface area contributed by atoms with Crippen molar-refractivity contribution in [2.75, 3.05) is 6.54 Å².